The van der Waals surface area contributed by atoms with E-state index >= 15 is 0 Å². The van der Waals surface area contributed by atoms with Crippen LogP contribution in [0, 0.1) is 6.92 Å². The van der Waals surface area contributed by atoms with E-state index in [0.717, 1.165) is 5.69 Å². The summed E-state index contributed by atoms with van der Waals surface area (Å²) in [7, 11) is 0. The zero-order valence-electron chi connectivity index (χ0n) is 12.3. The maximum atomic E-state index is 10.7. The Morgan fingerprint density at radius 3 is 2.71 bits per heavy atom. The number of amides is 1. The van der Waals surface area contributed by atoms with Gasteiger partial charge < -0.3 is 15.8 Å². The molecule has 3 N–H and O–H groups in total. The van der Waals surface area contributed by atoms with Crippen molar-refractivity contribution >= 4 is 11.6 Å². The molecule has 1 atom stereocenters. The zero-order chi connectivity index (χ0) is 15.2. The fourth-order valence-electron chi connectivity index (χ4n) is 2.10. The third-order valence-corrected chi connectivity index (χ3v) is 3.14. The predicted octanol–water partition coefficient (Wildman–Crippen LogP) is 3.03. The van der Waals surface area contributed by atoms with E-state index in [9.17, 15) is 4.79 Å². The number of benzene rings is 2. The highest BCUT2D eigenvalue weighted by molar-refractivity contribution is 5.75. The molecule has 0 bridgehead atoms. The molecule has 4 nitrogen and oxygen atoms in total. The van der Waals surface area contributed by atoms with Crippen molar-refractivity contribution < 1.29 is 9.53 Å². The van der Waals surface area contributed by atoms with Gasteiger partial charge in [0.25, 0.3) is 5.91 Å². The lowest BCUT2D eigenvalue weighted by Crippen LogP contribution is -2.20. The SMILES string of the molecule is Cc1cccc(C(C)Nc2cccc(OCC(N)=O)c2)c1. The van der Waals surface area contributed by atoms with Gasteiger partial charge >= 0.3 is 0 Å². The van der Waals surface area contributed by atoms with Crippen LogP contribution in [0.5, 0.6) is 5.75 Å². The maximum absolute atomic E-state index is 10.7. The summed E-state index contributed by atoms with van der Waals surface area (Å²) < 4.78 is 5.30. The molecule has 1 unspecified atom stereocenters. The first-order chi connectivity index (χ1) is 10.0. The quantitative estimate of drug-likeness (QED) is 0.857. The van der Waals surface area contributed by atoms with Gasteiger partial charge in [-0.05, 0) is 31.5 Å². The number of anilines is 1. The molecule has 0 radical (unpaired) electrons. The first-order valence-corrected chi connectivity index (χ1v) is 6.89. The zero-order valence-corrected chi connectivity index (χ0v) is 12.3. The van der Waals surface area contributed by atoms with E-state index in [1.165, 1.54) is 11.1 Å². The first-order valence-electron chi connectivity index (χ1n) is 6.89. The van der Waals surface area contributed by atoms with Gasteiger partial charge in [-0.2, -0.15) is 0 Å². The summed E-state index contributed by atoms with van der Waals surface area (Å²) in [6, 6.07) is 16.1. The second-order valence-corrected chi connectivity index (χ2v) is 5.06. The summed E-state index contributed by atoms with van der Waals surface area (Å²) in [5, 5.41) is 3.42. The number of hydrogen-bond acceptors (Lipinski definition) is 3. The van der Waals surface area contributed by atoms with Crippen LogP contribution < -0.4 is 15.8 Å². The molecule has 0 aliphatic carbocycles. The number of nitrogens with one attached hydrogen (secondary N) is 1. The van der Waals surface area contributed by atoms with Gasteiger partial charge in [0.15, 0.2) is 6.61 Å². The summed E-state index contributed by atoms with van der Waals surface area (Å²) in [5.41, 5.74) is 8.46. The molecule has 1 amide bonds. The average molecular weight is 284 g/mol. The second-order valence-electron chi connectivity index (χ2n) is 5.06. The van der Waals surface area contributed by atoms with E-state index in [-0.39, 0.29) is 12.6 Å². The van der Waals surface area contributed by atoms with Crippen LogP contribution in [0.4, 0.5) is 5.69 Å². The molecule has 2 rings (SSSR count). The fraction of sp³-hybridized carbons (Fsp3) is 0.235. The lowest BCUT2D eigenvalue weighted by atomic mass is 10.1. The number of carbonyl (C=O) groups excluding carboxylic acids is 1. The van der Waals surface area contributed by atoms with E-state index in [1.807, 2.05) is 18.2 Å². The van der Waals surface area contributed by atoms with Crippen molar-refractivity contribution in [1.29, 1.82) is 0 Å². The number of aryl methyl sites for hydroxylation is 1. The molecule has 2 aromatic carbocycles. The molecule has 110 valence electrons. The molecular formula is C17H20N2O2. The minimum Gasteiger partial charge on any atom is -0.484 e. The largest absolute Gasteiger partial charge is 0.484 e. The average Bonchev–Trinajstić information content (AvgIpc) is 2.45. The van der Waals surface area contributed by atoms with E-state index in [2.05, 4.69) is 43.4 Å². The van der Waals surface area contributed by atoms with E-state index < -0.39 is 5.91 Å². The maximum Gasteiger partial charge on any atom is 0.255 e. The van der Waals surface area contributed by atoms with Gasteiger partial charge in [-0.1, -0.05) is 35.9 Å². The molecule has 21 heavy (non-hydrogen) atoms. The molecule has 0 aliphatic heterocycles. The molecule has 4 heteroatoms. The third kappa shape index (κ3) is 4.53. The molecule has 0 heterocycles. The number of ether oxygens (including phenoxy) is 1. The molecule has 0 fully saturated rings. The summed E-state index contributed by atoms with van der Waals surface area (Å²) >= 11 is 0. The van der Waals surface area contributed by atoms with Gasteiger partial charge in [-0.15, -0.1) is 0 Å². The van der Waals surface area contributed by atoms with Crippen molar-refractivity contribution in [3.05, 3.63) is 59.7 Å². The third-order valence-electron chi connectivity index (χ3n) is 3.14. The molecule has 0 saturated carbocycles. The van der Waals surface area contributed by atoms with Crippen molar-refractivity contribution in [2.45, 2.75) is 19.9 Å². The number of hydrogen-bond donors (Lipinski definition) is 2. The van der Waals surface area contributed by atoms with Crippen molar-refractivity contribution in [2.75, 3.05) is 11.9 Å². The van der Waals surface area contributed by atoms with Crippen LogP contribution in [-0.4, -0.2) is 12.5 Å². The predicted molar refractivity (Wildman–Crippen MR) is 84.3 cm³/mol. The van der Waals surface area contributed by atoms with Crippen LogP contribution in [-0.2, 0) is 4.79 Å². The minimum absolute atomic E-state index is 0.114. The van der Waals surface area contributed by atoms with E-state index in [4.69, 9.17) is 10.5 Å². The van der Waals surface area contributed by atoms with Crippen LogP contribution in [0.1, 0.15) is 24.1 Å². The Kier molecular flexibility index (Phi) is 4.82. The van der Waals surface area contributed by atoms with Crippen molar-refractivity contribution in [2.24, 2.45) is 5.73 Å². The number of primary amides is 1. The number of carbonyl (C=O) groups is 1. The number of nitrogens with two attached hydrogens (primary N) is 1. The Bertz CT molecular complexity index is 626. The molecular weight excluding hydrogens is 264 g/mol. The topological polar surface area (TPSA) is 64.3 Å². The highest BCUT2D eigenvalue weighted by atomic mass is 16.5. The van der Waals surface area contributed by atoms with Gasteiger partial charge in [-0.3, -0.25) is 4.79 Å². The van der Waals surface area contributed by atoms with Crippen LogP contribution in [0.2, 0.25) is 0 Å². The monoisotopic (exact) mass is 284 g/mol. The molecule has 0 spiro atoms. The highest BCUT2D eigenvalue weighted by Gasteiger charge is 2.06. The van der Waals surface area contributed by atoms with Gasteiger partial charge in [0, 0.05) is 17.8 Å². The van der Waals surface area contributed by atoms with Gasteiger partial charge in [0.05, 0.1) is 0 Å². The fourth-order valence-corrected chi connectivity index (χ4v) is 2.10. The van der Waals surface area contributed by atoms with E-state index in [1.54, 1.807) is 6.07 Å². The van der Waals surface area contributed by atoms with Crippen LogP contribution in [0.3, 0.4) is 0 Å². The molecule has 0 saturated heterocycles. The Morgan fingerprint density at radius 2 is 2.00 bits per heavy atom. The van der Waals surface area contributed by atoms with E-state index in [0.29, 0.717) is 5.75 Å². The molecule has 0 aromatic heterocycles. The Balaban J connectivity index is 2.05. The van der Waals surface area contributed by atoms with Crippen LogP contribution >= 0.6 is 0 Å². The van der Waals surface area contributed by atoms with Crippen LogP contribution in [0.15, 0.2) is 48.5 Å². The lowest BCUT2D eigenvalue weighted by molar-refractivity contribution is -0.119. The molecule has 2 aromatic rings. The van der Waals surface area contributed by atoms with Crippen LogP contribution in [0.25, 0.3) is 0 Å². The van der Waals surface area contributed by atoms with Gasteiger partial charge in [-0.25, -0.2) is 0 Å². The van der Waals surface area contributed by atoms with Crippen molar-refractivity contribution in [3.63, 3.8) is 0 Å². The Labute approximate surface area is 124 Å². The summed E-state index contributed by atoms with van der Waals surface area (Å²) in [4.78, 5) is 10.7. The minimum atomic E-state index is -0.485. The summed E-state index contributed by atoms with van der Waals surface area (Å²) in [5.74, 6) is 0.136. The standard InChI is InChI=1S/C17H20N2O2/c1-12-5-3-6-14(9-12)13(2)19-15-7-4-8-16(10-15)21-11-17(18)20/h3-10,13,19H,11H2,1-2H3,(H2,18,20). The van der Waals surface area contributed by atoms with Gasteiger partial charge in [0.1, 0.15) is 5.75 Å². The van der Waals surface area contributed by atoms with Crippen molar-refractivity contribution in [1.82, 2.24) is 0 Å². The normalized spacial score (nSPS) is 11.7. The highest BCUT2D eigenvalue weighted by Crippen LogP contribution is 2.23. The second kappa shape index (κ2) is 6.79. The van der Waals surface area contributed by atoms with Crippen molar-refractivity contribution in [3.8, 4) is 5.75 Å². The Hall–Kier alpha value is -2.49. The smallest absolute Gasteiger partial charge is 0.255 e. The Morgan fingerprint density at radius 1 is 1.24 bits per heavy atom. The van der Waals surface area contributed by atoms with Gasteiger partial charge in [0.2, 0.25) is 0 Å². The molecule has 0 aliphatic rings. The first kappa shape index (κ1) is 14.9. The lowest BCUT2D eigenvalue weighted by Gasteiger charge is -2.17. The summed E-state index contributed by atoms with van der Waals surface area (Å²) in [6.45, 7) is 4.07. The summed E-state index contributed by atoms with van der Waals surface area (Å²) in [6.07, 6.45) is 0. The number of rotatable bonds is 6.